The van der Waals surface area contributed by atoms with E-state index in [4.69, 9.17) is 27.9 Å². The minimum atomic E-state index is -0.219. The van der Waals surface area contributed by atoms with E-state index in [1.807, 2.05) is 31.2 Å². The van der Waals surface area contributed by atoms with Crippen molar-refractivity contribution in [3.05, 3.63) is 138 Å². The number of amides is 1. The monoisotopic (exact) mass is 784 g/mol. The van der Waals surface area contributed by atoms with E-state index in [9.17, 15) is 4.79 Å². The topological polar surface area (TPSA) is 32.8 Å². The van der Waals surface area contributed by atoms with E-state index in [-0.39, 0.29) is 16.9 Å². The predicted molar refractivity (Wildman–Crippen MR) is 197 cm³/mol. The fourth-order valence-electron chi connectivity index (χ4n) is 6.85. The second-order valence-electron chi connectivity index (χ2n) is 12.2. The Morgan fingerprint density at radius 1 is 0.630 bits per heavy atom. The zero-order chi connectivity index (χ0) is 32.7. The van der Waals surface area contributed by atoms with Gasteiger partial charge in [-0.2, -0.15) is 0 Å². The Kier molecular flexibility index (Phi) is 11.9. The molecule has 4 aromatic carbocycles. The fraction of sp³-hybridized carbons (Fsp3) is 0.342. The van der Waals surface area contributed by atoms with Crippen LogP contribution in [0.15, 0.2) is 106 Å². The number of nitrogens with zero attached hydrogens (tertiary/aromatic N) is 2. The van der Waals surface area contributed by atoms with E-state index in [2.05, 4.69) is 117 Å². The van der Waals surface area contributed by atoms with E-state index in [1.165, 1.54) is 22.3 Å². The molecule has 0 spiro atoms. The van der Waals surface area contributed by atoms with Crippen LogP contribution in [-0.2, 0) is 15.6 Å². The maximum absolute atomic E-state index is 12.1. The number of carbonyl (C=O) groups excluding carboxylic acids is 1. The number of hydrogen-bond acceptors (Lipinski definition) is 3. The number of benzene rings is 4. The van der Waals surface area contributed by atoms with Crippen LogP contribution in [0.1, 0.15) is 54.9 Å². The summed E-state index contributed by atoms with van der Waals surface area (Å²) in [6.07, 6.45) is 3.78. The van der Waals surface area contributed by atoms with Gasteiger partial charge in [-0.1, -0.05) is 104 Å². The smallest absolute Gasteiger partial charge is 0.409 e. The molecule has 4 aromatic rings. The molecule has 0 saturated carbocycles. The number of halogens is 4. The average molecular weight is 787 g/mol. The first kappa shape index (κ1) is 35.0. The molecular formula is C38H40Br2Cl2N2O2. The standard InChI is InChI=1S/C20H21BrClNO2.C18H19BrClN/c1-2-25-19(24)23-13-11-20(12-14-23,15-3-7-17(21)8-4-15)16-5-9-18(22)10-6-16;1-21-12-10-18(11-13-21,14-2-6-16(19)7-3-14)15-4-8-17(20)9-5-15/h3-10H,2,11-14H2,1H3;2-9H,10-13H2,1H3. The molecule has 2 aliphatic rings. The van der Waals surface area contributed by atoms with Crippen LogP contribution in [0.25, 0.3) is 0 Å². The first-order valence-corrected chi connectivity index (χ1v) is 18.1. The van der Waals surface area contributed by atoms with Crippen molar-refractivity contribution >= 4 is 61.2 Å². The SMILES string of the molecule is CCOC(=O)N1CCC(c2ccc(Cl)cc2)(c2ccc(Br)cc2)CC1.CN1CCC(c2ccc(Cl)cc2)(c2ccc(Br)cc2)CC1. The summed E-state index contributed by atoms with van der Waals surface area (Å²) in [6.45, 7) is 5.85. The van der Waals surface area contributed by atoms with Crippen molar-refractivity contribution in [3.8, 4) is 0 Å². The first-order chi connectivity index (χ1) is 22.1. The molecule has 0 atom stereocenters. The minimum absolute atomic E-state index is 0.109. The van der Waals surface area contributed by atoms with E-state index >= 15 is 0 Å². The molecule has 0 N–H and O–H groups in total. The number of ether oxygens (including phenoxy) is 1. The van der Waals surface area contributed by atoms with Crippen molar-refractivity contribution in [2.24, 2.45) is 0 Å². The van der Waals surface area contributed by atoms with Gasteiger partial charge in [0.05, 0.1) is 6.61 Å². The van der Waals surface area contributed by atoms with Crippen molar-refractivity contribution in [1.82, 2.24) is 9.80 Å². The molecule has 6 rings (SSSR count). The van der Waals surface area contributed by atoms with E-state index in [0.29, 0.717) is 19.7 Å². The molecule has 242 valence electrons. The van der Waals surface area contributed by atoms with E-state index < -0.39 is 0 Å². The largest absolute Gasteiger partial charge is 0.450 e. The van der Waals surface area contributed by atoms with Gasteiger partial charge in [-0.3, -0.25) is 0 Å². The Labute approximate surface area is 300 Å². The fourth-order valence-corrected chi connectivity index (χ4v) is 7.63. The summed E-state index contributed by atoms with van der Waals surface area (Å²) in [5.41, 5.74) is 5.28. The first-order valence-electron chi connectivity index (χ1n) is 15.8. The Hall–Kier alpha value is -2.35. The highest BCUT2D eigenvalue weighted by atomic mass is 79.9. The summed E-state index contributed by atoms with van der Waals surface area (Å²) in [6, 6.07) is 33.8. The van der Waals surface area contributed by atoms with Crippen LogP contribution in [0.5, 0.6) is 0 Å². The van der Waals surface area contributed by atoms with Gasteiger partial charge >= 0.3 is 6.09 Å². The maximum Gasteiger partial charge on any atom is 0.409 e. The van der Waals surface area contributed by atoms with Crippen molar-refractivity contribution in [1.29, 1.82) is 0 Å². The lowest BCUT2D eigenvalue weighted by Crippen LogP contribution is -2.46. The third kappa shape index (κ3) is 8.02. The molecule has 2 heterocycles. The van der Waals surface area contributed by atoms with Crippen molar-refractivity contribution in [2.75, 3.05) is 39.8 Å². The molecule has 0 aromatic heterocycles. The zero-order valence-corrected chi connectivity index (χ0v) is 31.0. The second-order valence-corrected chi connectivity index (χ2v) is 14.9. The van der Waals surface area contributed by atoms with Crippen LogP contribution in [-0.4, -0.2) is 55.7 Å². The summed E-state index contributed by atoms with van der Waals surface area (Å²) in [5.74, 6) is 0. The number of rotatable bonds is 5. The van der Waals surface area contributed by atoms with Gasteiger partial charge in [0.2, 0.25) is 0 Å². The van der Waals surface area contributed by atoms with Gasteiger partial charge in [0, 0.05) is 42.9 Å². The van der Waals surface area contributed by atoms with Gasteiger partial charge in [-0.15, -0.1) is 0 Å². The highest BCUT2D eigenvalue weighted by Crippen LogP contribution is 2.43. The third-order valence-electron chi connectivity index (χ3n) is 9.57. The Bertz CT molecular complexity index is 1470. The minimum Gasteiger partial charge on any atom is -0.450 e. The van der Waals surface area contributed by atoms with Gasteiger partial charge in [-0.25, -0.2) is 4.79 Å². The summed E-state index contributed by atoms with van der Waals surface area (Å²) < 4.78 is 7.35. The molecule has 2 saturated heterocycles. The van der Waals surface area contributed by atoms with Crippen LogP contribution >= 0.6 is 55.1 Å². The molecule has 0 aliphatic carbocycles. The Morgan fingerprint density at radius 3 is 1.30 bits per heavy atom. The number of hydrogen-bond donors (Lipinski definition) is 0. The lowest BCUT2D eigenvalue weighted by molar-refractivity contribution is 0.0907. The number of carbonyl (C=O) groups is 1. The van der Waals surface area contributed by atoms with Crippen molar-refractivity contribution in [2.45, 2.75) is 43.4 Å². The van der Waals surface area contributed by atoms with Gasteiger partial charge in [-0.05, 0) is 124 Å². The molecule has 8 heteroatoms. The molecule has 4 nitrogen and oxygen atoms in total. The van der Waals surface area contributed by atoms with Gasteiger partial charge in [0.1, 0.15) is 0 Å². The quantitative estimate of drug-likeness (QED) is 0.202. The molecular weight excluding hydrogens is 747 g/mol. The lowest BCUT2D eigenvalue weighted by atomic mass is 9.68. The van der Waals surface area contributed by atoms with Crippen molar-refractivity contribution in [3.63, 3.8) is 0 Å². The highest BCUT2D eigenvalue weighted by Gasteiger charge is 2.39. The van der Waals surface area contributed by atoms with Crippen LogP contribution in [0.2, 0.25) is 10.0 Å². The van der Waals surface area contributed by atoms with Crippen LogP contribution < -0.4 is 0 Å². The molecule has 2 fully saturated rings. The average Bonchev–Trinajstić information content (AvgIpc) is 3.07. The second kappa shape index (κ2) is 15.7. The number of likely N-dealkylation sites (tertiary alicyclic amines) is 2. The highest BCUT2D eigenvalue weighted by molar-refractivity contribution is 9.10. The predicted octanol–water partition coefficient (Wildman–Crippen LogP) is 10.8. The summed E-state index contributed by atoms with van der Waals surface area (Å²) in [4.78, 5) is 16.3. The Morgan fingerprint density at radius 2 is 0.957 bits per heavy atom. The maximum atomic E-state index is 12.1. The molecule has 0 radical (unpaired) electrons. The summed E-state index contributed by atoms with van der Waals surface area (Å²) >= 11 is 19.2. The molecule has 46 heavy (non-hydrogen) atoms. The summed E-state index contributed by atoms with van der Waals surface area (Å²) in [5, 5.41) is 1.54. The van der Waals surface area contributed by atoms with Gasteiger partial charge < -0.3 is 14.5 Å². The molecule has 0 unspecified atom stereocenters. The Balaban J connectivity index is 0.000000184. The lowest BCUT2D eigenvalue weighted by Gasteiger charge is -2.42. The molecule has 0 bridgehead atoms. The normalized spacial score (nSPS) is 17.5. The van der Waals surface area contributed by atoms with E-state index in [0.717, 1.165) is 57.8 Å². The van der Waals surface area contributed by atoms with Crippen LogP contribution in [0, 0.1) is 0 Å². The molecule has 1 amide bonds. The summed E-state index contributed by atoms with van der Waals surface area (Å²) in [7, 11) is 2.20. The van der Waals surface area contributed by atoms with Crippen molar-refractivity contribution < 1.29 is 9.53 Å². The molecule has 2 aliphatic heterocycles. The van der Waals surface area contributed by atoms with Gasteiger partial charge in [0.15, 0.2) is 0 Å². The zero-order valence-electron chi connectivity index (χ0n) is 26.3. The van der Waals surface area contributed by atoms with Gasteiger partial charge in [0.25, 0.3) is 0 Å². The third-order valence-corrected chi connectivity index (χ3v) is 11.1. The van der Waals surface area contributed by atoms with E-state index in [1.54, 1.807) is 4.90 Å². The number of piperidine rings is 2. The van der Waals surface area contributed by atoms with Crippen LogP contribution in [0.4, 0.5) is 4.79 Å². The van der Waals surface area contributed by atoms with Crippen LogP contribution in [0.3, 0.4) is 0 Å².